The molecular weight excluding hydrogens is 208 g/mol. The van der Waals surface area contributed by atoms with Gasteiger partial charge >= 0.3 is 0 Å². The highest BCUT2D eigenvalue weighted by Gasteiger charge is 2.04. The molecule has 0 bridgehead atoms. The zero-order chi connectivity index (χ0) is 10.7. The minimum Gasteiger partial charge on any atom is -0.397 e. The van der Waals surface area contributed by atoms with E-state index < -0.39 is 0 Å². The van der Waals surface area contributed by atoms with Crippen LogP contribution in [0, 0.1) is 6.92 Å². The average molecular weight is 218 g/mol. The molecule has 5 heteroatoms. The fourth-order valence-electron chi connectivity index (χ4n) is 1.05. The first-order chi connectivity index (χ1) is 7.25. The smallest absolute Gasteiger partial charge is 0.194 e. The third-order valence-electron chi connectivity index (χ3n) is 1.76. The number of nitrogen functional groups attached to an aromatic ring is 1. The monoisotopic (exact) mass is 218 g/mol. The van der Waals surface area contributed by atoms with Crippen LogP contribution in [0.2, 0.25) is 0 Å². The molecule has 0 aliphatic carbocycles. The molecule has 2 heterocycles. The van der Waals surface area contributed by atoms with E-state index in [1.807, 2.05) is 19.1 Å². The molecule has 0 aromatic carbocycles. The van der Waals surface area contributed by atoms with Crippen molar-refractivity contribution in [1.82, 2.24) is 15.0 Å². The number of pyridine rings is 1. The van der Waals surface area contributed by atoms with Crippen molar-refractivity contribution in [3.8, 4) is 0 Å². The lowest BCUT2D eigenvalue weighted by Gasteiger charge is -2.02. The Morgan fingerprint density at radius 1 is 1.20 bits per heavy atom. The Kier molecular flexibility index (Phi) is 2.82. The van der Waals surface area contributed by atoms with Crippen LogP contribution in [0.3, 0.4) is 0 Å². The predicted molar refractivity (Wildman–Crippen MR) is 59.5 cm³/mol. The first kappa shape index (κ1) is 9.92. The summed E-state index contributed by atoms with van der Waals surface area (Å²) in [7, 11) is 0. The summed E-state index contributed by atoms with van der Waals surface area (Å²) in [4.78, 5) is 12.6. The zero-order valence-corrected chi connectivity index (χ0v) is 9.03. The summed E-state index contributed by atoms with van der Waals surface area (Å²) < 4.78 is 0. The Bertz CT molecular complexity index is 472. The summed E-state index contributed by atoms with van der Waals surface area (Å²) in [5, 5.41) is 1.41. The van der Waals surface area contributed by atoms with E-state index in [-0.39, 0.29) is 0 Å². The van der Waals surface area contributed by atoms with Gasteiger partial charge in [-0.1, -0.05) is 0 Å². The molecule has 0 saturated heterocycles. The normalized spacial score (nSPS) is 10.2. The van der Waals surface area contributed by atoms with E-state index in [0.29, 0.717) is 10.8 Å². The Hall–Kier alpha value is -1.62. The molecule has 0 atom stereocenters. The fourth-order valence-corrected chi connectivity index (χ4v) is 1.83. The minimum atomic E-state index is 0.646. The van der Waals surface area contributed by atoms with Crippen molar-refractivity contribution in [2.45, 2.75) is 17.1 Å². The molecule has 76 valence electrons. The highest BCUT2D eigenvalue weighted by molar-refractivity contribution is 7.99. The van der Waals surface area contributed by atoms with E-state index >= 15 is 0 Å². The Balaban J connectivity index is 2.26. The first-order valence-corrected chi connectivity index (χ1v) is 5.25. The molecule has 2 aromatic rings. The molecule has 2 N–H and O–H groups in total. The van der Waals surface area contributed by atoms with Crippen LogP contribution in [0.25, 0.3) is 0 Å². The standard InChI is InChI=1S/C10H10N4S/c1-7-4-6-13-10(14-7)15-9-8(11)3-2-5-12-9/h2-6H,11H2,1H3. The van der Waals surface area contributed by atoms with E-state index in [2.05, 4.69) is 15.0 Å². The van der Waals surface area contributed by atoms with E-state index in [0.717, 1.165) is 10.7 Å². The minimum absolute atomic E-state index is 0.646. The van der Waals surface area contributed by atoms with Crippen LogP contribution < -0.4 is 5.73 Å². The van der Waals surface area contributed by atoms with Crippen LogP contribution >= 0.6 is 11.8 Å². The number of hydrogen-bond acceptors (Lipinski definition) is 5. The predicted octanol–water partition coefficient (Wildman–Crippen LogP) is 1.91. The second kappa shape index (κ2) is 4.27. The molecular formula is C10H10N4S. The van der Waals surface area contributed by atoms with Gasteiger partial charge in [-0.3, -0.25) is 0 Å². The van der Waals surface area contributed by atoms with Crippen molar-refractivity contribution in [2.24, 2.45) is 0 Å². The van der Waals surface area contributed by atoms with Gasteiger partial charge in [-0.25, -0.2) is 15.0 Å². The van der Waals surface area contributed by atoms with Crippen LogP contribution in [0.15, 0.2) is 40.8 Å². The van der Waals surface area contributed by atoms with Gasteiger partial charge in [-0.05, 0) is 36.9 Å². The van der Waals surface area contributed by atoms with Gasteiger partial charge in [0.2, 0.25) is 0 Å². The van der Waals surface area contributed by atoms with Gasteiger partial charge in [0.25, 0.3) is 0 Å². The van der Waals surface area contributed by atoms with Crippen molar-refractivity contribution in [2.75, 3.05) is 5.73 Å². The van der Waals surface area contributed by atoms with Crippen molar-refractivity contribution in [3.05, 3.63) is 36.3 Å². The van der Waals surface area contributed by atoms with Crippen LogP contribution in [0.1, 0.15) is 5.69 Å². The van der Waals surface area contributed by atoms with Crippen molar-refractivity contribution < 1.29 is 0 Å². The molecule has 2 aromatic heterocycles. The molecule has 0 aliphatic heterocycles. The highest BCUT2D eigenvalue weighted by atomic mass is 32.2. The number of nitrogens with zero attached hydrogens (tertiary/aromatic N) is 3. The van der Waals surface area contributed by atoms with Gasteiger partial charge < -0.3 is 5.73 Å². The van der Waals surface area contributed by atoms with E-state index in [1.165, 1.54) is 11.8 Å². The van der Waals surface area contributed by atoms with Crippen molar-refractivity contribution in [3.63, 3.8) is 0 Å². The summed E-state index contributed by atoms with van der Waals surface area (Å²) in [6.07, 6.45) is 3.43. The van der Waals surface area contributed by atoms with Crippen molar-refractivity contribution >= 4 is 17.4 Å². The van der Waals surface area contributed by atoms with Crippen LogP contribution in [-0.4, -0.2) is 15.0 Å². The summed E-state index contributed by atoms with van der Waals surface area (Å²) in [6, 6.07) is 5.47. The molecule has 0 fully saturated rings. The highest BCUT2D eigenvalue weighted by Crippen LogP contribution is 2.26. The van der Waals surface area contributed by atoms with Gasteiger partial charge in [0.1, 0.15) is 5.03 Å². The maximum absolute atomic E-state index is 5.77. The molecule has 15 heavy (non-hydrogen) atoms. The maximum Gasteiger partial charge on any atom is 0.194 e. The lowest BCUT2D eigenvalue weighted by atomic mass is 10.4. The zero-order valence-electron chi connectivity index (χ0n) is 8.21. The summed E-state index contributed by atoms with van der Waals surface area (Å²) in [5.41, 5.74) is 7.35. The summed E-state index contributed by atoms with van der Waals surface area (Å²) in [5.74, 6) is 0. The fraction of sp³-hybridized carbons (Fsp3) is 0.100. The maximum atomic E-state index is 5.77. The third-order valence-corrected chi connectivity index (χ3v) is 2.67. The van der Waals surface area contributed by atoms with Gasteiger partial charge in [0.15, 0.2) is 5.16 Å². The number of hydrogen-bond donors (Lipinski definition) is 1. The molecule has 4 nitrogen and oxygen atoms in total. The van der Waals surface area contributed by atoms with E-state index in [1.54, 1.807) is 18.5 Å². The lowest BCUT2D eigenvalue weighted by molar-refractivity contribution is 0.928. The number of aromatic nitrogens is 3. The third kappa shape index (κ3) is 2.44. The molecule has 0 radical (unpaired) electrons. The number of aryl methyl sites for hydroxylation is 1. The van der Waals surface area contributed by atoms with Crippen LogP contribution in [-0.2, 0) is 0 Å². The largest absolute Gasteiger partial charge is 0.397 e. The summed E-state index contributed by atoms with van der Waals surface area (Å²) >= 11 is 1.37. The molecule has 0 unspecified atom stereocenters. The Labute approximate surface area is 92.0 Å². The van der Waals surface area contributed by atoms with E-state index in [9.17, 15) is 0 Å². The van der Waals surface area contributed by atoms with Gasteiger partial charge in [-0.15, -0.1) is 0 Å². The quantitative estimate of drug-likeness (QED) is 0.780. The van der Waals surface area contributed by atoms with Crippen LogP contribution in [0.5, 0.6) is 0 Å². The SMILES string of the molecule is Cc1ccnc(Sc2ncccc2N)n1. The molecule has 0 amide bonds. The van der Waals surface area contributed by atoms with Gasteiger partial charge in [0, 0.05) is 18.1 Å². The summed E-state index contributed by atoms with van der Waals surface area (Å²) in [6.45, 7) is 1.92. The number of rotatable bonds is 2. The van der Waals surface area contributed by atoms with Crippen molar-refractivity contribution in [1.29, 1.82) is 0 Å². The number of nitrogens with two attached hydrogens (primary N) is 1. The van der Waals surface area contributed by atoms with Gasteiger partial charge in [-0.2, -0.15) is 0 Å². The Morgan fingerprint density at radius 2 is 2.07 bits per heavy atom. The molecule has 2 rings (SSSR count). The molecule has 0 spiro atoms. The Morgan fingerprint density at radius 3 is 2.80 bits per heavy atom. The van der Waals surface area contributed by atoms with E-state index in [4.69, 9.17) is 5.73 Å². The second-order valence-corrected chi connectivity index (χ2v) is 3.94. The van der Waals surface area contributed by atoms with Crippen LogP contribution in [0.4, 0.5) is 5.69 Å². The van der Waals surface area contributed by atoms with Gasteiger partial charge in [0.05, 0.1) is 5.69 Å². The lowest BCUT2D eigenvalue weighted by Crippen LogP contribution is -1.93. The number of anilines is 1. The topological polar surface area (TPSA) is 64.7 Å². The first-order valence-electron chi connectivity index (χ1n) is 4.44. The average Bonchev–Trinajstić information content (AvgIpc) is 2.22. The molecule has 0 saturated carbocycles. The molecule has 0 aliphatic rings. The second-order valence-electron chi connectivity index (χ2n) is 2.98.